The Bertz CT molecular complexity index is 555. The van der Waals surface area contributed by atoms with Gasteiger partial charge in [0, 0.05) is 7.05 Å². The normalized spacial score (nSPS) is 10.1. The van der Waals surface area contributed by atoms with Gasteiger partial charge in [0.15, 0.2) is 0 Å². The van der Waals surface area contributed by atoms with Gasteiger partial charge in [0.1, 0.15) is 5.88 Å². The van der Waals surface area contributed by atoms with Gasteiger partial charge in [-0.25, -0.2) is 4.68 Å². The maximum absolute atomic E-state index is 11.3. The number of nitrogens with zero attached hydrogens (tertiary/aromatic N) is 4. The molecule has 2 N–H and O–H groups in total. The summed E-state index contributed by atoms with van der Waals surface area (Å²) in [6, 6.07) is 7.21. The van der Waals surface area contributed by atoms with E-state index in [-0.39, 0.29) is 11.8 Å². The first-order chi connectivity index (χ1) is 8.70. The minimum absolute atomic E-state index is 0.0974. The highest BCUT2D eigenvalue weighted by Crippen LogP contribution is 2.23. The standard InChI is InChI=1S/C10H11ClN6O/c1-17-10(14-15-16-17)13-8-5-3-2-4-7(8)12-9(18)6-11/h2-5H,6H2,1H3,(H,12,18)(H,13,14,16). The smallest absolute Gasteiger partial charge is 0.247 e. The van der Waals surface area contributed by atoms with Gasteiger partial charge < -0.3 is 10.6 Å². The minimum Gasteiger partial charge on any atom is -0.323 e. The molecule has 0 spiro atoms. The number of aromatic nitrogens is 4. The van der Waals surface area contributed by atoms with Crippen LogP contribution in [-0.2, 0) is 11.8 Å². The summed E-state index contributed by atoms with van der Waals surface area (Å²) in [5.74, 6) is 0.101. The summed E-state index contributed by atoms with van der Waals surface area (Å²) in [4.78, 5) is 11.3. The average Bonchev–Trinajstić information content (AvgIpc) is 2.77. The molecule has 0 bridgehead atoms. The number of hydrogen-bond acceptors (Lipinski definition) is 5. The van der Waals surface area contributed by atoms with E-state index in [1.54, 1.807) is 19.2 Å². The van der Waals surface area contributed by atoms with Crippen LogP contribution < -0.4 is 10.6 Å². The molecule has 0 saturated heterocycles. The molecule has 7 nitrogen and oxygen atoms in total. The molecule has 1 amide bonds. The topological polar surface area (TPSA) is 84.7 Å². The van der Waals surface area contributed by atoms with Crippen molar-refractivity contribution in [1.29, 1.82) is 0 Å². The number of benzene rings is 1. The number of carbonyl (C=O) groups excluding carboxylic acids is 1. The van der Waals surface area contributed by atoms with Crippen molar-refractivity contribution in [3.05, 3.63) is 24.3 Å². The minimum atomic E-state index is -0.276. The first-order valence-electron chi connectivity index (χ1n) is 5.15. The second-order valence-corrected chi connectivity index (χ2v) is 3.75. The fraction of sp³-hybridized carbons (Fsp3) is 0.200. The van der Waals surface area contributed by atoms with E-state index in [1.807, 2.05) is 12.1 Å². The number of para-hydroxylation sites is 2. The van der Waals surface area contributed by atoms with Gasteiger partial charge in [0.05, 0.1) is 11.4 Å². The Balaban J connectivity index is 2.22. The maximum Gasteiger partial charge on any atom is 0.247 e. The fourth-order valence-electron chi connectivity index (χ4n) is 1.34. The number of rotatable bonds is 4. The molecule has 2 aromatic rings. The van der Waals surface area contributed by atoms with E-state index in [4.69, 9.17) is 11.6 Å². The van der Waals surface area contributed by atoms with Crippen LogP contribution in [0.15, 0.2) is 24.3 Å². The van der Waals surface area contributed by atoms with Crippen molar-refractivity contribution < 1.29 is 4.79 Å². The summed E-state index contributed by atoms with van der Waals surface area (Å²) in [5.41, 5.74) is 1.31. The maximum atomic E-state index is 11.3. The molecule has 0 unspecified atom stereocenters. The molecule has 0 saturated carbocycles. The number of nitrogens with one attached hydrogen (secondary N) is 2. The van der Waals surface area contributed by atoms with Crippen molar-refractivity contribution in [2.45, 2.75) is 0 Å². The zero-order valence-corrected chi connectivity index (χ0v) is 10.3. The highest BCUT2D eigenvalue weighted by Gasteiger charge is 2.08. The molecule has 0 aliphatic carbocycles. The van der Waals surface area contributed by atoms with Crippen LogP contribution in [0.2, 0.25) is 0 Å². The van der Waals surface area contributed by atoms with Crippen LogP contribution >= 0.6 is 11.6 Å². The number of tetrazole rings is 1. The number of aryl methyl sites for hydroxylation is 1. The Labute approximate surface area is 108 Å². The lowest BCUT2D eigenvalue weighted by molar-refractivity contribution is -0.113. The molecule has 0 aliphatic rings. The SMILES string of the molecule is Cn1nnnc1Nc1ccccc1NC(=O)CCl. The number of alkyl halides is 1. The average molecular weight is 267 g/mol. The van der Waals surface area contributed by atoms with Crippen molar-refractivity contribution >= 4 is 34.8 Å². The van der Waals surface area contributed by atoms with E-state index in [1.165, 1.54) is 4.68 Å². The van der Waals surface area contributed by atoms with Crippen LogP contribution in [0.25, 0.3) is 0 Å². The molecule has 0 radical (unpaired) electrons. The molecular formula is C10H11ClN6O. The number of anilines is 3. The Kier molecular flexibility index (Phi) is 3.73. The highest BCUT2D eigenvalue weighted by atomic mass is 35.5. The van der Waals surface area contributed by atoms with E-state index < -0.39 is 0 Å². The fourth-order valence-corrected chi connectivity index (χ4v) is 1.41. The van der Waals surface area contributed by atoms with E-state index in [0.29, 0.717) is 17.3 Å². The molecule has 0 fully saturated rings. The van der Waals surface area contributed by atoms with E-state index in [9.17, 15) is 4.79 Å². The Morgan fingerprint density at radius 3 is 2.72 bits per heavy atom. The Morgan fingerprint density at radius 1 is 1.39 bits per heavy atom. The lowest BCUT2D eigenvalue weighted by Gasteiger charge is -2.10. The third-order valence-electron chi connectivity index (χ3n) is 2.19. The third kappa shape index (κ3) is 2.75. The third-order valence-corrected chi connectivity index (χ3v) is 2.43. The number of halogens is 1. The van der Waals surface area contributed by atoms with Gasteiger partial charge in [-0.15, -0.1) is 11.6 Å². The number of carbonyl (C=O) groups is 1. The van der Waals surface area contributed by atoms with Gasteiger partial charge in [-0.05, 0) is 22.6 Å². The van der Waals surface area contributed by atoms with Crippen LogP contribution in [0, 0.1) is 0 Å². The van der Waals surface area contributed by atoms with E-state index in [2.05, 4.69) is 26.2 Å². The summed E-state index contributed by atoms with van der Waals surface area (Å²) in [5, 5.41) is 16.7. The molecule has 94 valence electrons. The van der Waals surface area contributed by atoms with Crippen molar-refractivity contribution in [2.75, 3.05) is 16.5 Å². The first kappa shape index (κ1) is 12.3. The van der Waals surface area contributed by atoms with Crippen molar-refractivity contribution in [2.24, 2.45) is 7.05 Å². The summed E-state index contributed by atoms with van der Waals surface area (Å²) in [6.07, 6.45) is 0. The van der Waals surface area contributed by atoms with Crippen LogP contribution in [0.3, 0.4) is 0 Å². The van der Waals surface area contributed by atoms with Gasteiger partial charge in [0.2, 0.25) is 11.9 Å². The molecule has 0 atom stereocenters. The molecule has 1 aromatic heterocycles. The van der Waals surface area contributed by atoms with Gasteiger partial charge in [0.25, 0.3) is 0 Å². The van der Waals surface area contributed by atoms with Gasteiger partial charge in [-0.3, -0.25) is 4.79 Å². The van der Waals surface area contributed by atoms with Gasteiger partial charge in [-0.2, -0.15) is 0 Å². The Hall–Kier alpha value is -2.15. The molecule has 8 heteroatoms. The van der Waals surface area contributed by atoms with Crippen LogP contribution in [0.1, 0.15) is 0 Å². The summed E-state index contributed by atoms with van der Waals surface area (Å²) < 4.78 is 1.49. The zero-order chi connectivity index (χ0) is 13.0. The highest BCUT2D eigenvalue weighted by molar-refractivity contribution is 6.29. The number of amides is 1. The molecule has 0 aliphatic heterocycles. The van der Waals surface area contributed by atoms with Crippen molar-refractivity contribution in [3.8, 4) is 0 Å². The number of hydrogen-bond donors (Lipinski definition) is 2. The van der Waals surface area contributed by atoms with Crippen molar-refractivity contribution in [1.82, 2.24) is 20.2 Å². The molecule has 2 rings (SSSR count). The molecular weight excluding hydrogens is 256 g/mol. The zero-order valence-electron chi connectivity index (χ0n) is 9.59. The second kappa shape index (κ2) is 5.46. The van der Waals surface area contributed by atoms with E-state index >= 15 is 0 Å². The predicted molar refractivity (Wildman–Crippen MR) is 67.9 cm³/mol. The van der Waals surface area contributed by atoms with Crippen LogP contribution in [0.4, 0.5) is 17.3 Å². The summed E-state index contributed by atoms with van der Waals surface area (Å²) in [7, 11) is 1.71. The molecule has 18 heavy (non-hydrogen) atoms. The first-order valence-corrected chi connectivity index (χ1v) is 5.68. The van der Waals surface area contributed by atoms with E-state index in [0.717, 1.165) is 0 Å². The molecule has 1 aromatic carbocycles. The second-order valence-electron chi connectivity index (χ2n) is 3.48. The van der Waals surface area contributed by atoms with Crippen molar-refractivity contribution in [3.63, 3.8) is 0 Å². The molecule has 1 heterocycles. The van der Waals surface area contributed by atoms with Crippen LogP contribution in [0.5, 0.6) is 0 Å². The Morgan fingerprint density at radius 2 is 2.11 bits per heavy atom. The predicted octanol–water partition coefficient (Wildman–Crippen LogP) is 1.13. The monoisotopic (exact) mass is 266 g/mol. The lowest BCUT2D eigenvalue weighted by atomic mass is 10.2. The van der Waals surface area contributed by atoms with Gasteiger partial charge in [-0.1, -0.05) is 17.2 Å². The summed E-state index contributed by atoms with van der Waals surface area (Å²) in [6.45, 7) is 0. The lowest BCUT2D eigenvalue weighted by Crippen LogP contribution is -2.14. The summed E-state index contributed by atoms with van der Waals surface area (Å²) >= 11 is 5.45. The quantitative estimate of drug-likeness (QED) is 0.811. The van der Waals surface area contributed by atoms with Gasteiger partial charge >= 0.3 is 0 Å². The largest absolute Gasteiger partial charge is 0.323 e. The van der Waals surface area contributed by atoms with Crippen LogP contribution in [-0.4, -0.2) is 32.0 Å².